The van der Waals surface area contributed by atoms with Crippen molar-refractivity contribution in [3.63, 3.8) is 0 Å². The molecule has 0 aromatic rings. The third-order valence-electron chi connectivity index (χ3n) is 2.39. The van der Waals surface area contributed by atoms with Gasteiger partial charge in [-0.25, -0.2) is 0 Å². The summed E-state index contributed by atoms with van der Waals surface area (Å²) in [5.74, 6) is -0.422. The van der Waals surface area contributed by atoms with E-state index in [1.165, 1.54) is 0 Å². The summed E-state index contributed by atoms with van der Waals surface area (Å²) in [5.41, 5.74) is -0.290. The van der Waals surface area contributed by atoms with Crippen molar-refractivity contribution in [1.29, 1.82) is 10.5 Å². The van der Waals surface area contributed by atoms with E-state index in [-0.39, 0.29) is 18.6 Å². The van der Waals surface area contributed by atoms with Crippen molar-refractivity contribution >= 4 is 5.91 Å². The largest absolute Gasteiger partial charge is 0.351 e. The predicted octanol–water partition coefficient (Wildman–Crippen LogP) is 0.603. The molecule has 78 valence electrons. The second-order valence-electron chi connectivity index (χ2n) is 3.36. The van der Waals surface area contributed by atoms with E-state index in [0.717, 1.165) is 0 Å². The van der Waals surface area contributed by atoms with Gasteiger partial charge in [0.1, 0.15) is 11.6 Å². The maximum Gasteiger partial charge on any atom is 0.264 e. The second kappa shape index (κ2) is 4.12. The minimum atomic E-state index is -0.945. The van der Waals surface area contributed by atoms with E-state index in [0.29, 0.717) is 5.57 Å². The molecule has 0 fully saturated rings. The summed E-state index contributed by atoms with van der Waals surface area (Å²) in [7, 11) is 0. The first-order chi connectivity index (χ1) is 7.05. The van der Waals surface area contributed by atoms with E-state index in [1.807, 2.05) is 12.1 Å². The van der Waals surface area contributed by atoms with Gasteiger partial charge in [-0.15, -0.1) is 0 Å². The molecule has 0 saturated carbocycles. The van der Waals surface area contributed by atoms with Crippen LogP contribution in [-0.2, 0) is 9.53 Å². The Morgan fingerprint density at radius 1 is 1.53 bits per heavy atom. The first-order valence-electron chi connectivity index (χ1n) is 4.50. The molecule has 0 aliphatic carbocycles. The normalized spacial score (nSPS) is 24.7. The van der Waals surface area contributed by atoms with Gasteiger partial charge in [-0.2, -0.15) is 10.5 Å². The molecule has 0 spiro atoms. The predicted molar refractivity (Wildman–Crippen MR) is 51.0 cm³/mol. The lowest BCUT2D eigenvalue weighted by molar-refractivity contribution is -0.122. The smallest absolute Gasteiger partial charge is 0.264 e. The van der Waals surface area contributed by atoms with Crippen LogP contribution >= 0.6 is 0 Å². The zero-order valence-corrected chi connectivity index (χ0v) is 8.63. The van der Waals surface area contributed by atoms with E-state index in [9.17, 15) is 4.79 Å². The summed E-state index contributed by atoms with van der Waals surface area (Å²) in [4.78, 5) is 11.3. The molecule has 1 aliphatic heterocycles. The third-order valence-corrected chi connectivity index (χ3v) is 2.39. The highest BCUT2D eigenvalue weighted by Gasteiger charge is 2.39. The van der Waals surface area contributed by atoms with Crippen LogP contribution in [-0.4, -0.2) is 18.2 Å². The molecule has 1 amide bonds. The Balaban J connectivity index is 2.82. The number of hydrogen-bond donors (Lipinski definition) is 1. The number of nitrogens with zero attached hydrogens (tertiary/aromatic N) is 2. The van der Waals surface area contributed by atoms with Gasteiger partial charge < -0.3 is 10.1 Å². The number of rotatable bonds is 3. The summed E-state index contributed by atoms with van der Waals surface area (Å²) < 4.78 is 5.38. The molecule has 1 unspecified atom stereocenters. The molecule has 5 nitrogen and oxygen atoms in total. The average Bonchev–Trinajstić information content (AvgIpc) is 2.39. The monoisotopic (exact) mass is 205 g/mol. The Labute approximate surface area is 87.9 Å². The Morgan fingerprint density at radius 2 is 2.20 bits per heavy atom. The topological polar surface area (TPSA) is 85.9 Å². The zero-order valence-electron chi connectivity index (χ0n) is 8.63. The molecule has 0 saturated heterocycles. The summed E-state index contributed by atoms with van der Waals surface area (Å²) in [6.45, 7) is 3.56. The van der Waals surface area contributed by atoms with E-state index >= 15 is 0 Å². The molecule has 1 aliphatic rings. The van der Waals surface area contributed by atoms with Crippen LogP contribution in [0.1, 0.15) is 20.3 Å². The fraction of sp³-hybridized carbons (Fsp3) is 0.500. The van der Waals surface area contributed by atoms with Crippen LogP contribution in [0.3, 0.4) is 0 Å². The van der Waals surface area contributed by atoms with Gasteiger partial charge in [0.05, 0.1) is 19.1 Å². The van der Waals surface area contributed by atoms with Gasteiger partial charge in [0.2, 0.25) is 0 Å². The van der Waals surface area contributed by atoms with Crippen LogP contribution in [0.15, 0.2) is 11.1 Å². The molecular weight excluding hydrogens is 194 g/mol. The van der Waals surface area contributed by atoms with Crippen molar-refractivity contribution < 1.29 is 9.53 Å². The van der Waals surface area contributed by atoms with Crippen molar-refractivity contribution in [1.82, 2.24) is 5.32 Å². The van der Waals surface area contributed by atoms with E-state index in [4.69, 9.17) is 15.3 Å². The van der Waals surface area contributed by atoms with Crippen LogP contribution in [0.25, 0.3) is 0 Å². The minimum absolute atomic E-state index is 0.0921. The minimum Gasteiger partial charge on any atom is -0.351 e. The molecule has 1 atom stereocenters. The average molecular weight is 205 g/mol. The number of nitriles is 2. The maximum absolute atomic E-state index is 11.3. The second-order valence-corrected chi connectivity index (χ2v) is 3.36. The molecule has 0 aromatic carbocycles. The third kappa shape index (κ3) is 1.98. The van der Waals surface area contributed by atoms with E-state index < -0.39 is 11.6 Å². The first-order valence-corrected chi connectivity index (χ1v) is 4.50. The van der Waals surface area contributed by atoms with Crippen molar-refractivity contribution in [2.24, 2.45) is 0 Å². The van der Waals surface area contributed by atoms with Crippen molar-refractivity contribution in [3.05, 3.63) is 11.1 Å². The van der Waals surface area contributed by atoms with E-state index in [2.05, 4.69) is 5.32 Å². The van der Waals surface area contributed by atoms with Gasteiger partial charge in [0, 0.05) is 5.57 Å². The van der Waals surface area contributed by atoms with Gasteiger partial charge in [-0.05, 0) is 13.8 Å². The van der Waals surface area contributed by atoms with Gasteiger partial charge in [0.25, 0.3) is 5.91 Å². The highest BCUT2D eigenvalue weighted by atomic mass is 16.5. The standard InChI is InChI=1S/C10H11N3O2/c1-7-8(6-12)9(14)13-10(7,2)15-5-3-4-11/h3,5H2,1-2H3,(H,13,14). The molecule has 15 heavy (non-hydrogen) atoms. The quantitative estimate of drug-likeness (QED) is 0.683. The van der Waals surface area contributed by atoms with Gasteiger partial charge in [-0.1, -0.05) is 0 Å². The Morgan fingerprint density at radius 3 is 2.67 bits per heavy atom. The zero-order chi connectivity index (χ0) is 11.5. The van der Waals surface area contributed by atoms with Crippen LogP contribution in [0.4, 0.5) is 0 Å². The van der Waals surface area contributed by atoms with Crippen molar-refractivity contribution in [3.8, 4) is 12.1 Å². The SMILES string of the molecule is CC1=C(C#N)C(=O)NC1(C)OCCC#N. The molecule has 0 radical (unpaired) electrons. The number of nitrogens with one attached hydrogen (secondary N) is 1. The number of hydrogen-bond acceptors (Lipinski definition) is 4. The molecular formula is C10H11N3O2. The fourth-order valence-corrected chi connectivity index (χ4v) is 1.36. The molecule has 1 heterocycles. The van der Waals surface area contributed by atoms with E-state index in [1.54, 1.807) is 13.8 Å². The van der Waals surface area contributed by atoms with Gasteiger partial charge >= 0.3 is 0 Å². The molecule has 0 bridgehead atoms. The fourth-order valence-electron chi connectivity index (χ4n) is 1.36. The summed E-state index contributed by atoms with van der Waals surface area (Å²) >= 11 is 0. The summed E-state index contributed by atoms with van der Waals surface area (Å²) in [5, 5.41) is 19.7. The highest BCUT2D eigenvalue weighted by Crippen LogP contribution is 2.27. The lowest BCUT2D eigenvalue weighted by Gasteiger charge is -2.26. The maximum atomic E-state index is 11.3. The van der Waals surface area contributed by atoms with Crippen LogP contribution < -0.4 is 5.32 Å². The molecule has 1 N–H and O–H groups in total. The van der Waals surface area contributed by atoms with Crippen LogP contribution in [0.2, 0.25) is 0 Å². The Bertz CT molecular complexity index is 400. The summed E-state index contributed by atoms with van der Waals surface area (Å²) in [6.07, 6.45) is 0.251. The van der Waals surface area contributed by atoms with Crippen molar-refractivity contribution in [2.45, 2.75) is 26.0 Å². The first kappa shape index (κ1) is 11.2. The highest BCUT2D eigenvalue weighted by molar-refractivity contribution is 6.01. The Kier molecular flexibility index (Phi) is 3.08. The summed E-state index contributed by atoms with van der Waals surface area (Å²) in [6, 6.07) is 3.77. The lowest BCUT2D eigenvalue weighted by atomic mass is 10.1. The number of carbonyl (C=O) groups excluding carboxylic acids is 1. The van der Waals surface area contributed by atoms with Gasteiger partial charge in [0.15, 0.2) is 5.72 Å². The number of amides is 1. The van der Waals surface area contributed by atoms with Crippen LogP contribution in [0.5, 0.6) is 0 Å². The van der Waals surface area contributed by atoms with Gasteiger partial charge in [-0.3, -0.25) is 4.79 Å². The molecule has 0 aromatic heterocycles. The number of carbonyl (C=O) groups is 1. The number of ether oxygens (including phenoxy) is 1. The lowest BCUT2D eigenvalue weighted by Crippen LogP contribution is -2.44. The molecule has 5 heteroatoms. The van der Waals surface area contributed by atoms with Crippen LogP contribution in [0, 0.1) is 22.7 Å². The van der Waals surface area contributed by atoms with Crippen molar-refractivity contribution in [2.75, 3.05) is 6.61 Å². The molecule has 1 rings (SSSR count). The Hall–Kier alpha value is -1.85.